The summed E-state index contributed by atoms with van der Waals surface area (Å²) >= 11 is 3.46. The average molecular weight is 307 g/mol. The van der Waals surface area contributed by atoms with Crippen LogP contribution in [0.25, 0.3) is 0 Å². The van der Waals surface area contributed by atoms with E-state index in [2.05, 4.69) is 26.9 Å². The molecule has 0 radical (unpaired) electrons. The average Bonchev–Trinajstić information content (AvgIpc) is 2.77. The molecule has 2 aromatic rings. The van der Waals surface area contributed by atoms with Gasteiger partial charge in [0.05, 0.1) is 5.69 Å². The fraction of sp³-hybridized carbons (Fsp3) is 0.143. The highest BCUT2D eigenvalue weighted by molar-refractivity contribution is 9.10. The molecule has 0 spiro atoms. The van der Waals surface area contributed by atoms with E-state index < -0.39 is 0 Å². The molecule has 0 fully saturated rings. The van der Waals surface area contributed by atoms with Gasteiger partial charge in [-0.3, -0.25) is 0 Å². The highest BCUT2D eigenvalue weighted by Crippen LogP contribution is 2.35. The molecule has 3 rings (SSSR count). The Morgan fingerprint density at radius 1 is 1.17 bits per heavy atom. The Labute approximate surface area is 113 Å². The summed E-state index contributed by atoms with van der Waals surface area (Å²) < 4.78 is 14.2. The number of nitrogens with zero attached hydrogens (tertiary/aromatic N) is 1. The van der Waals surface area contributed by atoms with Crippen LogP contribution in [0.2, 0.25) is 0 Å². The predicted molar refractivity (Wildman–Crippen MR) is 74.8 cm³/mol. The standard InChI is InChI=1S/C14H12BrFN2/c15-12-5-4-10(16)6-14(12)18-7-9-2-1-3-13(17)11(9)8-18/h1-6H,7-8,17H2. The first-order valence-corrected chi connectivity index (χ1v) is 6.50. The summed E-state index contributed by atoms with van der Waals surface area (Å²) in [7, 11) is 0. The first-order chi connectivity index (χ1) is 8.65. The molecule has 0 amide bonds. The van der Waals surface area contributed by atoms with Crippen molar-refractivity contribution in [1.29, 1.82) is 0 Å². The van der Waals surface area contributed by atoms with Crippen LogP contribution < -0.4 is 10.6 Å². The van der Waals surface area contributed by atoms with Gasteiger partial charge in [-0.05, 0) is 51.3 Å². The van der Waals surface area contributed by atoms with Gasteiger partial charge >= 0.3 is 0 Å². The zero-order chi connectivity index (χ0) is 12.7. The molecule has 0 atom stereocenters. The molecule has 0 bridgehead atoms. The number of fused-ring (bicyclic) bond motifs is 1. The van der Waals surface area contributed by atoms with E-state index in [4.69, 9.17) is 5.73 Å². The second-order valence-electron chi connectivity index (χ2n) is 4.44. The quantitative estimate of drug-likeness (QED) is 0.814. The number of hydrogen-bond acceptors (Lipinski definition) is 2. The lowest BCUT2D eigenvalue weighted by Crippen LogP contribution is -2.15. The van der Waals surface area contributed by atoms with E-state index in [9.17, 15) is 4.39 Å². The van der Waals surface area contributed by atoms with E-state index >= 15 is 0 Å². The molecule has 0 saturated carbocycles. The van der Waals surface area contributed by atoms with Gasteiger partial charge in [0.1, 0.15) is 5.82 Å². The van der Waals surface area contributed by atoms with Crippen molar-refractivity contribution >= 4 is 27.3 Å². The van der Waals surface area contributed by atoms with Crippen molar-refractivity contribution in [1.82, 2.24) is 0 Å². The molecule has 0 unspecified atom stereocenters. The highest BCUT2D eigenvalue weighted by atomic mass is 79.9. The van der Waals surface area contributed by atoms with Gasteiger partial charge in [-0.25, -0.2) is 4.39 Å². The third-order valence-electron chi connectivity index (χ3n) is 3.27. The molecule has 1 aliphatic heterocycles. The van der Waals surface area contributed by atoms with Crippen LogP contribution >= 0.6 is 15.9 Å². The molecule has 0 aliphatic carbocycles. The largest absolute Gasteiger partial charge is 0.398 e. The molecule has 0 saturated heterocycles. The molecule has 2 N–H and O–H groups in total. The maximum Gasteiger partial charge on any atom is 0.125 e. The summed E-state index contributed by atoms with van der Waals surface area (Å²) in [5.41, 5.74) is 10.0. The van der Waals surface area contributed by atoms with Gasteiger partial charge in [0.15, 0.2) is 0 Å². The van der Waals surface area contributed by atoms with Crippen LogP contribution in [0.5, 0.6) is 0 Å². The molecule has 1 heterocycles. The Bertz CT molecular complexity index is 613. The van der Waals surface area contributed by atoms with Crippen LogP contribution in [0.15, 0.2) is 40.9 Å². The molecule has 4 heteroatoms. The van der Waals surface area contributed by atoms with Gasteiger partial charge in [0.2, 0.25) is 0 Å². The zero-order valence-electron chi connectivity index (χ0n) is 9.66. The van der Waals surface area contributed by atoms with Gasteiger partial charge in [0, 0.05) is 23.2 Å². The van der Waals surface area contributed by atoms with Crippen LogP contribution in [0.4, 0.5) is 15.8 Å². The minimum Gasteiger partial charge on any atom is -0.398 e. The van der Waals surface area contributed by atoms with Crippen molar-refractivity contribution < 1.29 is 4.39 Å². The monoisotopic (exact) mass is 306 g/mol. The third-order valence-corrected chi connectivity index (χ3v) is 3.94. The van der Waals surface area contributed by atoms with Gasteiger partial charge in [0.25, 0.3) is 0 Å². The Hall–Kier alpha value is -1.55. The summed E-state index contributed by atoms with van der Waals surface area (Å²) in [5, 5.41) is 0. The first kappa shape index (κ1) is 11.5. The van der Waals surface area contributed by atoms with E-state index in [1.165, 1.54) is 11.6 Å². The Morgan fingerprint density at radius 3 is 2.78 bits per heavy atom. The van der Waals surface area contributed by atoms with E-state index in [0.29, 0.717) is 0 Å². The minimum absolute atomic E-state index is 0.225. The lowest BCUT2D eigenvalue weighted by molar-refractivity contribution is 0.626. The normalized spacial score (nSPS) is 13.8. The third kappa shape index (κ3) is 1.86. The summed E-state index contributed by atoms with van der Waals surface area (Å²) in [4.78, 5) is 2.12. The predicted octanol–water partition coefficient (Wildman–Crippen LogP) is 3.69. The lowest BCUT2D eigenvalue weighted by atomic mass is 10.1. The molecular weight excluding hydrogens is 295 g/mol. The number of anilines is 2. The Kier molecular flexibility index (Phi) is 2.74. The number of hydrogen-bond donors (Lipinski definition) is 1. The van der Waals surface area contributed by atoms with E-state index in [-0.39, 0.29) is 5.82 Å². The van der Waals surface area contributed by atoms with Crippen LogP contribution in [0, 0.1) is 5.82 Å². The molecule has 2 nitrogen and oxygen atoms in total. The summed E-state index contributed by atoms with van der Waals surface area (Å²) in [6.45, 7) is 1.49. The van der Waals surface area contributed by atoms with Crippen molar-refractivity contribution in [2.45, 2.75) is 13.1 Å². The maximum absolute atomic E-state index is 13.3. The summed E-state index contributed by atoms with van der Waals surface area (Å²) in [6.07, 6.45) is 0. The summed E-state index contributed by atoms with van der Waals surface area (Å²) in [6, 6.07) is 10.7. The highest BCUT2D eigenvalue weighted by Gasteiger charge is 2.22. The van der Waals surface area contributed by atoms with Crippen molar-refractivity contribution in [2.75, 3.05) is 10.6 Å². The van der Waals surface area contributed by atoms with Gasteiger partial charge < -0.3 is 10.6 Å². The van der Waals surface area contributed by atoms with Crippen molar-refractivity contribution in [3.8, 4) is 0 Å². The second-order valence-corrected chi connectivity index (χ2v) is 5.29. The number of rotatable bonds is 1. The van der Waals surface area contributed by atoms with Gasteiger partial charge in [-0.2, -0.15) is 0 Å². The topological polar surface area (TPSA) is 29.3 Å². The van der Waals surface area contributed by atoms with E-state index in [0.717, 1.165) is 34.5 Å². The van der Waals surface area contributed by atoms with Crippen LogP contribution in [0.3, 0.4) is 0 Å². The van der Waals surface area contributed by atoms with Crippen LogP contribution in [-0.2, 0) is 13.1 Å². The van der Waals surface area contributed by atoms with Gasteiger partial charge in [-0.15, -0.1) is 0 Å². The zero-order valence-corrected chi connectivity index (χ0v) is 11.2. The first-order valence-electron chi connectivity index (χ1n) is 5.71. The van der Waals surface area contributed by atoms with Crippen molar-refractivity contribution in [3.63, 3.8) is 0 Å². The fourth-order valence-corrected chi connectivity index (χ4v) is 2.84. The molecule has 0 aromatic heterocycles. The van der Waals surface area contributed by atoms with E-state index in [1.807, 2.05) is 12.1 Å². The van der Waals surface area contributed by atoms with Crippen molar-refractivity contribution in [2.24, 2.45) is 0 Å². The van der Waals surface area contributed by atoms with Gasteiger partial charge in [-0.1, -0.05) is 12.1 Å². The number of nitrogens with two attached hydrogens (primary N) is 1. The molecular formula is C14H12BrFN2. The van der Waals surface area contributed by atoms with Crippen LogP contribution in [-0.4, -0.2) is 0 Å². The van der Waals surface area contributed by atoms with Crippen molar-refractivity contribution in [3.05, 3.63) is 57.8 Å². The molecule has 92 valence electrons. The number of halogens is 2. The molecule has 18 heavy (non-hydrogen) atoms. The summed E-state index contributed by atoms with van der Waals surface area (Å²) in [5.74, 6) is -0.225. The van der Waals surface area contributed by atoms with Crippen LogP contribution in [0.1, 0.15) is 11.1 Å². The molecule has 2 aromatic carbocycles. The minimum atomic E-state index is -0.225. The number of benzene rings is 2. The fourth-order valence-electron chi connectivity index (χ4n) is 2.35. The van der Waals surface area contributed by atoms with E-state index in [1.54, 1.807) is 12.1 Å². The molecule has 1 aliphatic rings. The second kappa shape index (κ2) is 4.28. The Morgan fingerprint density at radius 2 is 2.00 bits per heavy atom. The smallest absolute Gasteiger partial charge is 0.125 e. The lowest BCUT2D eigenvalue weighted by Gasteiger charge is -2.19. The number of nitrogen functional groups attached to an aromatic ring is 1. The maximum atomic E-state index is 13.3. The SMILES string of the molecule is Nc1cccc2c1CN(c1cc(F)ccc1Br)C2. The Balaban J connectivity index is 1.99.